The Bertz CT molecular complexity index is 779. The first-order valence-corrected chi connectivity index (χ1v) is 8.31. The molecule has 1 aromatic carbocycles. The number of carbonyl (C=O) groups excluding carboxylic acids is 1. The van der Waals surface area contributed by atoms with Gasteiger partial charge in [0.25, 0.3) is 11.5 Å². The number of aryl methyl sites for hydroxylation is 1. The molecule has 5 heteroatoms. The van der Waals surface area contributed by atoms with Crippen molar-refractivity contribution in [2.75, 3.05) is 6.61 Å². The number of aliphatic hydroxyl groups is 1. The highest BCUT2D eigenvalue weighted by atomic mass is 16.3. The molecule has 3 N–H and O–H groups in total. The Morgan fingerprint density at radius 2 is 2.04 bits per heavy atom. The number of amides is 1. The second-order valence-corrected chi connectivity index (χ2v) is 6.35. The third kappa shape index (κ3) is 3.57. The fourth-order valence-electron chi connectivity index (χ4n) is 3.02. The Hall–Kier alpha value is -2.40. The van der Waals surface area contributed by atoms with Gasteiger partial charge in [0.1, 0.15) is 5.56 Å². The van der Waals surface area contributed by atoms with Gasteiger partial charge in [0.15, 0.2) is 0 Å². The summed E-state index contributed by atoms with van der Waals surface area (Å²) < 4.78 is 0. The molecule has 1 fully saturated rings. The molecule has 1 aromatic heterocycles. The molecule has 24 heavy (non-hydrogen) atoms. The molecule has 1 unspecified atom stereocenters. The van der Waals surface area contributed by atoms with Gasteiger partial charge in [-0.25, -0.2) is 0 Å². The molecule has 0 bridgehead atoms. The van der Waals surface area contributed by atoms with E-state index in [0.29, 0.717) is 12.3 Å². The number of aromatic nitrogens is 1. The second-order valence-electron chi connectivity index (χ2n) is 6.35. The Balaban J connectivity index is 1.89. The van der Waals surface area contributed by atoms with Gasteiger partial charge < -0.3 is 15.4 Å². The molecule has 5 nitrogen and oxygen atoms in total. The zero-order valence-electron chi connectivity index (χ0n) is 13.7. The highest BCUT2D eigenvalue weighted by molar-refractivity contribution is 5.95. The lowest BCUT2D eigenvalue weighted by Gasteiger charge is -2.17. The van der Waals surface area contributed by atoms with Crippen molar-refractivity contribution in [1.29, 1.82) is 0 Å². The minimum atomic E-state index is -0.386. The molecular weight excluding hydrogens is 304 g/mol. The molecule has 0 radical (unpaired) electrons. The van der Waals surface area contributed by atoms with Crippen molar-refractivity contribution in [2.24, 2.45) is 5.92 Å². The number of hydrogen-bond donors (Lipinski definition) is 3. The molecule has 2 aromatic rings. The van der Waals surface area contributed by atoms with Crippen LogP contribution in [0.1, 0.15) is 35.3 Å². The molecule has 0 aliphatic heterocycles. The standard InChI is InChI=1S/C19H22N2O3/c1-12-15(13-5-3-2-4-6-13)11-16(18(23)20-12)19(24)21-17(9-10-22)14-7-8-14/h2-6,11,14,17,22H,7-10H2,1H3,(H,20,23)(H,21,24). The highest BCUT2D eigenvalue weighted by Crippen LogP contribution is 2.34. The van der Waals surface area contributed by atoms with E-state index in [9.17, 15) is 9.59 Å². The first-order chi connectivity index (χ1) is 11.6. The van der Waals surface area contributed by atoms with Crippen molar-refractivity contribution >= 4 is 5.91 Å². The fourth-order valence-corrected chi connectivity index (χ4v) is 3.02. The molecule has 1 aliphatic carbocycles. The minimum Gasteiger partial charge on any atom is -0.396 e. The van der Waals surface area contributed by atoms with Crippen molar-refractivity contribution in [1.82, 2.24) is 10.3 Å². The average Bonchev–Trinajstić information content (AvgIpc) is 3.40. The number of nitrogens with one attached hydrogen (secondary N) is 2. The van der Waals surface area contributed by atoms with Gasteiger partial charge in [0.05, 0.1) is 0 Å². The lowest BCUT2D eigenvalue weighted by atomic mass is 10.0. The number of H-pyrrole nitrogens is 1. The van der Waals surface area contributed by atoms with E-state index in [1.165, 1.54) is 0 Å². The molecule has 1 saturated carbocycles. The molecule has 126 valence electrons. The van der Waals surface area contributed by atoms with Gasteiger partial charge in [-0.05, 0) is 43.7 Å². The maximum absolute atomic E-state index is 12.6. The minimum absolute atomic E-state index is 0.0287. The van der Waals surface area contributed by atoms with Crippen LogP contribution in [0.15, 0.2) is 41.2 Å². The Morgan fingerprint density at radius 1 is 1.33 bits per heavy atom. The zero-order valence-corrected chi connectivity index (χ0v) is 13.7. The predicted octanol–water partition coefficient (Wildman–Crippen LogP) is 2.24. The van der Waals surface area contributed by atoms with E-state index in [-0.39, 0.29) is 29.7 Å². The summed E-state index contributed by atoms with van der Waals surface area (Å²) >= 11 is 0. The Kier molecular flexibility index (Phi) is 4.81. The molecule has 1 amide bonds. The van der Waals surface area contributed by atoms with Crippen LogP contribution in [-0.2, 0) is 0 Å². The number of hydrogen-bond acceptors (Lipinski definition) is 3. The van der Waals surface area contributed by atoms with Crippen LogP contribution in [-0.4, -0.2) is 28.6 Å². The summed E-state index contributed by atoms with van der Waals surface area (Å²) in [7, 11) is 0. The molecule has 3 rings (SSSR count). The third-order valence-corrected chi connectivity index (χ3v) is 4.52. The topological polar surface area (TPSA) is 82.2 Å². The van der Waals surface area contributed by atoms with Crippen LogP contribution in [0.5, 0.6) is 0 Å². The van der Waals surface area contributed by atoms with Crippen LogP contribution < -0.4 is 10.9 Å². The van der Waals surface area contributed by atoms with Crippen molar-refractivity contribution in [2.45, 2.75) is 32.2 Å². The average molecular weight is 326 g/mol. The highest BCUT2D eigenvalue weighted by Gasteiger charge is 2.32. The van der Waals surface area contributed by atoms with E-state index >= 15 is 0 Å². The van der Waals surface area contributed by atoms with Crippen LogP contribution in [0.25, 0.3) is 11.1 Å². The van der Waals surface area contributed by atoms with Crippen molar-refractivity contribution in [3.05, 3.63) is 58.0 Å². The molecule has 1 atom stereocenters. The molecular formula is C19H22N2O3. The number of benzene rings is 1. The van der Waals surface area contributed by atoms with Gasteiger partial charge >= 0.3 is 0 Å². The van der Waals surface area contributed by atoms with E-state index < -0.39 is 0 Å². The van der Waals surface area contributed by atoms with Crippen LogP contribution in [0, 0.1) is 12.8 Å². The summed E-state index contributed by atoms with van der Waals surface area (Å²) in [6, 6.07) is 11.2. The van der Waals surface area contributed by atoms with Gasteiger partial charge in [-0.3, -0.25) is 9.59 Å². The first kappa shape index (κ1) is 16.5. The normalized spacial score (nSPS) is 15.1. The first-order valence-electron chi connectivity index (χ1n) is 8.31. The summed E-state index contributed by atoms with van der Waals surface area (Å²) in [5, 5.41) is 12.1. The Labute approximate surface area is 140 Å². The number of rotatable bonds is 6. The van der Waals surface area contributed by atoms with E-state index in [4.69, 9.17) is 5.11 Å². The molecule has 0 spiro atoms. The fraction of sp³-hybridized carbons (Fsp3) is 0.368. The SMILES string of the molecule is Cc1[nH]c(=O)c(C(=O)NC(CCO)C2CC2)cc1-c1ccccc1. The number of aromatic amines is 1. The van der Waals surface area contributed by atoms with E-state index in [1.807, 2.05) is 37.3 Å². The van der Waals surface area contributed by atoms with Crippen LogP contribution in [0.4, 0.5) is 0 Å². The number of aliphatic hydroxyl groups excluding tert-OH is 1. The van der Waals surface area contributed by atoms with Gasteiger partial charge in [-0.1, -0.05) is 30.3 Å². The Morgan fingerprint density at radius 3 is 2.67 bits per heavy atom. The van der Waals surface area contributed by atoms with Crippen molar-refractivity contribution < 1.29 is 9.90 Å². The van der Waals surface area contributed by atoms with Crippen LogP contribution >= 0.6 is 0 Å². The number of carbonyl (C=O) groups is 1. The zero-order chi connectivity index (χ0) is 17.1. The van der Waals surface area contributed by atoms with E-state index in [0.717, 1.165) is 29.7 Å². The van der Waals surface area contributed by atoms with Gasteiger partial charge in [0, 0.05) is 23.9 Å². The summed E-state index contributed by atoms with van der Waals surface area (Å²) in [6.45, 7) is 1.85. The monoisotopic (exact) mass is 326 g/mol. The lowest BCUT2D eigenvalue weighted by Crippen LogP contribution is -2.39. The smallest absolute Gasteiger partial charge is 0.261 e. The van der Waals surface area contributed by atoms with E-state index in [1.54, 1.807) is 6.07 Å². The second kappa shape index (κ2) is 7.01. The summed E-state index contributed by atoms with van der Waals surface area (Å²) in [6.07, 6.45) is 2.64. The van der Waals surface area contributed by atoms with E-state index in [2.05, 4.69) is 10.3 Å². The molecule has 1 aliphatic rings. The summed E-state index contributed by atoms with van der Waals surface area (Å²) in [4.78, 5) is 27.6. The van der Waals surface area contributed by atoms with Crippen molar-refractivity contribution in [3.8, 4) is 11.1 Å². The summed E-state index contributed by atoms with van der Waals surface area (Å²) in [5.41, 5.74) is 2.25. The predicted molar refractivity (Wildman–Crippen MR) is 92.9 cm³/mol. The van der Waals surface area contributed by atoms with Gasteiger partial charge in [-0.15, -0.1) is 0 Å². The third-order valence-electron chi connectivity index (χ3n) is 4.52. The molecule has 0 saturated heterocycles. The maximum atomic E-state index is 12.6. The number of pyridine rings is 1. The van der Waals surface area contributed by atoms with Gasteiger partial charge in [0.2, 0.25) is 0 Å². The van der Waals surface area contributed by atoms with Crippen LogP contribution in [0.3, 0.4) is 0 Å². The largest absolute Gasteiger partial charge is 0.396 e. The summed E-state index contributed by atoms with van der Waals surface area (Å²) in [5.74, 6) is 0.0398. The van der Waals surface area contributed by atoms with Crippen molar-refractivity contribution in [3.63, 3.8) is 0 Å². The van der Waals surface area contributed by atoms with Gasteiger partial charge in [-0.2, -0.15) is 0 Å². The van der Waals surface area contributed by atoms with Crippen LogP contribution in [0.2, 0.25) is 0 Å². The molecule has 1 heterocycles. The lowest BCUT2D eigenvalue weighted by molar-refractivity contribution is 0.0922. The maximum Gasteiger partial charge on any atom is 0.261 e. The quantitative estimate of drug-likeness (QED) is 0.761.